The van der Waals surface area contributed by atoms with Crippen molar-refractivity contribution in [3.63, 3.8) is 0 Å². The van der Waals surface area contributed by atoms with Crippen molar-refractivity contribution in [2.45, 2.75) is 38.8 Å². The maximum Gasteiger partial charge on any atom is 0.339 e. The summed E-state index contributed by atoms with van der Waals surface area (Å²) < 4.78 is 11.1. The lowest BCUT2D eigenvalue weighted by Gasteiger charge is -2.33. The molecular weight excluding hydrogens is 420 g/mol. The van der Waals surface area contributed by atoms with Gasteiger partial charge in [-0.25, -0.2) is 4.79 Å². The minimum atomic E-state index is -0.650. The predicted molar refractivity (Wildman–Crippen MR) is 127 cm³/mol. The second-order valence-corrected chi connectivity index (χ2v) is 8.68. The molecule has 1 saturated heterocycles. The number of likely N-dealkylation sites (tertiary alicyclic amines) is 1. The zero-order valence-electron chi connectivity index (χ0n) is 19.0. The van der Waals surface area contributed by atoms with Crippen molar-refractivity contribution in [2.75, 3.05) is 26.2 Å². The van der Waals surface area contributed by atoms with E-state index in [9.17, 15) is 14.7 Å². The van der Waals surface area contributed by atoms with E-state index in [2.05, 4.69) is 10.2 Å². The molecular formula is C26H30N2O5. The number of carbonyl (C=O) groups is 1. The van der Waals surface area contributed by atoms with Crippen LogP contribution in [0.2, 0.25) is 0 Å². The number of aliphatic hydroxyl groups excluding tert-OH is 1. The van der Waals surface area contributed by atoms with Crippen LogP contribution in [-0.2, 0) is 0 Å². The monoisotopic (exact) mass is 450 g/mol. The van der Waals surface area contributed by atoms with Crippen molar-refractivity contribution >= 4 is 16.9 Å². The van der Waals surface area contributed by atoms with E-state index in [4.69, 9.17) is 9.15 Å². The van der Waals surface area contributed by atoms with E-state index in [0.29, 0.717) is 29.0 Å². The Labute approximate surface area is 193 Å². The first-order valence-electron chi connectivity index (χ1n) is 11.3. The molecule has 1 aliphatic heterocycles. The first kappa shape index (κ1) is 23.0. The number of nitrogens with one attached hydrogen (secondary N) is 1. The van der Waals surface area contributed by atoms with Gasteiger partial charge in [0.2, 0.25) is 0 Å². The topological polar surface area (TPSA) is 92.0 Å². The normalized spacial score (nSPS) is 16.0. The molecule has 0 saturated carbocycles. The Bertz CT molecular complexity index is 1170. The maximum absolute atomic E-state index is 12.3. The molecule has 2 heterocycles. The Morgan fingerprint density at radius 3 is 2.61 bits per heavy atom. The van der Waals surface area contributed by atoms with E-state index in [-0.39, 0.29) is 24.2 Å². The van der Waals surface area contributed by atoms with E-state index in [1.807, 2.05) is 49.4 Å². The first-order chi connectivity index (χ1) is 15.9. The van der Waals surface area contributed by atoms with Gasteiger partial charge in [-0.1, -0.05) is 18.2 Å². The fourth-order valence-corrected chi connectivity index (χ4v) is 4.18. The van der Waals surface area contributed by atoms with Gasteiger partial charge in [-0.2, -0.15) is 0 Å². The van der Waals surface area contributed by atoms with Gasteiger partial charge in [0, 0.05) is 48.3 Å². The lowest BCUT2D eigenvalue weighted by atomic mass is 10.0. The van der Waals surface area contributed by atoms with Crippen LogP contribution in [0.4, 0.5) is 0 Å². The van der Waals surface area contributed by atoms with Gasteiger partial charge < -0.3 is 24.5 Å². The van der Waals surface area contributed by atoms with Gasteiger partial charge in [0.25, 0.3) is 5.91 Å². The molecule has 7 nitrogen and oxygen atoms in total. The lowest BCUT2D eigenvalue weighted by Crippen LogP contribution is -2.47. The Kier molecular flexibility index (Phi) is 7.11. The zero-order valence-corrected chi connectivity index (χ0v) is 19.0. The molecule has 0 aliphatic carbocycles. The molecule has 2 aromatic carbocycles. The van der Waals surface area contributed by atoms with E-state index < -0.39 is 6.10 Å². The van der Waals surface area contributed by atoms with Crippen LogP contribution in [0.3, 0.4) is 0 Å². The Morgan fingerprint density at radius 1 is 1.15 bits per heavy atom. The smallest absolute Gasteiger partial charge is 0.339 e. The summed E-state index contributed by atoms with van der Waals surface area (Å²) in [5.41, 5.74) is 2.31. The number of carbonyl (C=O) groups excluding carboxylic acids is 1. The predicted octanol–water partition coefficient (Wildman–Crippen LogP) is 3.04. The molecule has 4 rings (SSSR count). The summed E-state index contributed by atoms with van der Waals surface area (Å²) in [6.07, 6.45) is 1.03. The number of nitrogens with zero attached hydrogens (tertiary/aromatic N) is 1. The number of fused-ring (bicyclic) bond motifs is 1. The van der Waals surface area contributed by atoms with Crippen LogP contribution >= 0.6 is 0 Å². The number of ether oxygens (including phenoxy) is 1. The number of aryl methyl sites for hydroxylation is 1. The molecule has 1 aromatic heterocycles. The summed E-state index contributed by atoms with van der Waals surface area (Å²) in [5.74, 6) is 0.509. The molecule has 7 heteroatoms. The van der Waals surface area contributed by atoms with Crippen molar-refractivity contribution in [1.29, 1.82) is 0 Å². The molecule has 3 aromatic rings. The van der Waals surface area contributed by atoms with Gasteiger partial charge in [-0.3, -0.25) is 4.79 Å². The van der Waals surface area contributed by atoms with Crippen molar-refractivity contribution in [2.24, 2.45) is 0 Å². The Hall–Kier alpha value is -3.16. The van der Waals surface area contributed by atoms with E-state index in [1.165, 1.54) is 0 Å². The first-order valence-corrected chi connectivity index (χ1v) is 11.3. The minimum absolute atomic E-state index is 0.0425. The Morgan fingerprint density at radius 2 is 1.88 bits per heavy atom. The molecule has 1 fully saturated rings. The van der Waals surface area contributed by atoms with E-state index >= 15 is 0 Å². The molecule has 0 spiro atoms. The van der Waals surface area contributed by atoms with E-state index in [0.717, 1.165) is 36.9 Å². The van der Waals surface area contributed by atoms with Gasteiger partial charge in [-0.05, 0) is 56.5 Å². The maximum atomic E-state index is 12.3. The third-order valence-corrected chi connectivity index (χ3v) is 6.30. The van der Waals surface area contributed by atoms with Crippen LogP contribution in [0.1, 0.15) is 34.3 Å². The summed E-state index contributed by atoms with van der Waals surface area (Å²) in [7, 11) is 0. The minimum Gasteiger partial charge on any atom is -0.491 e. The van der Waals surface area contributed by atoms with Crippen LogP contribution in [0.25, 0.3) is 11.0 Å². The quantitative estimate of drug-likeness (QED) is 0.538. The summed E-state index contributed by atoms with van der Waals surface area (Å²) in [5, 5.41) is 14.4. The van der Waals surface area contributed by atoms with Crippen molar-refractivity contribution in [3.8, 4) is 5.75 Å². The number of aliphatic hydroxyl groups is 1. The second-order valence-electron chi connectivity index (χ2n) is 8.68. The van der Waals surface area contributed by atoms with Crippen molar-refractivity contribution in [3.05, 3.63) is 75.6 Å². The molecule has 1 amide bonds. The fourth-order valence-electron chi connectivity index (χ4n) is 4.18. The highest BCUT2D eigenvalue weighted by Crippen LogP contribution is 2.24. The Balaban J connectivity index is 1.24. The third kappa shape index (κ3) is 5.61. The molecule has 0 radical (unpaired) electrons. The van der Waals surface area contributed by atoms with Crippen LogP contribution in [0.15, 0.2) is 57.7 Å². The summed E-state index contributed by atoms with van der Waals surface area (Å²) in [6.45, 7) is 5.90. The van der Waals surface area contributed by atoms with Crippen LogP contribution in [-0.4, -0.2) is 54.3 Å². The number of hydrogen-bond donors (Lipinski definition) is 2. The molecule has 2 N–H and O–H groups in total. The number of benzene rings is 2. The number of rotatable bonds is 7. The van der Waals surface area contributed by atoms with Crippen molar-refractivity contribution in [1.82, 2.24) is 10.2 Å². The number of β-amino-alcohol motifs (C(OH)–C–C–N with tert-alkyl or cyclic N) is 1. The lowest BCUT2D eigenvalue weighted by molar-refractivity contribution is 0.0568. The average molecular weight is 451 g/mol. The summed E-state index contributed by atoms with van der Waals surface area (Å²) in [6, 6.07) is 14.8. The van der Waals surface area contributed by atoms with E-state index in [1.54, 1.807) is 13.0 Å². The van der Waals surface area contributed by atoms with Crippen LogP contribution < -0.4 is 15.7 Å². The second kappa shape index (κ2) is 10.2. The standard InChI is InChI=1S/C26H30N2O5/c1-17-18(2)26(31)33-24-14-22(8-9-23(17)24)32-16-21(29)15-28-12-10-20(11-13-28)27-25(30)19-6-4-3-5-7-19/h3-9,14,20-21,29H,10-13,15-16H2,1-2H3,(H,27,30). The molecule has 1 unspecified atom stereocenters. The van der Waals surface area contributed by atoms with Gasteiger partial charge in [-0.15, -0.1) is 0 Å². The average Bonchev–Trinajstić information content (AvgIpc) is 2.83. The van der Waals surface area contributed by atoms with Crippen LogP contribution in [0.5, 0.6) is 5.75 Å². The summed E-state index contributed by atoms with van der Waals surface area (Å²) in [4.78, 5) is 26.4. The van der Waals surface area contributed by atoms with Gasteiger partial charge in [0.05, 0.1) is 0 Å². The summed E-state index contributed by atoms with van der Waals surface area (Å²) >= 11 is 0. The fraction of sp³-hybridized carbons (Fsp3) is 0.385. The van der Waals surface area contributed by atoms with Gasteiger partial charge in [0.15, 0.2) is 0 Å². The largest absolute Gasteiger partial charge is 0.491 e. The highest BCUT2D eigenvalue weighted by Gasteiger charge is 2.23. The SMILES string of the molecule is Cc1c(C)c2ccc(OCC(O)CN3CCC(NC(=O)c4ccccc4)CC3)cc2oc1=O. The van der Waals surface area contributed by atoms with Crippen molar-refractivity contribution < 1.29 is 19.1 Å². The molecule has 1 aliphatic rings. The number of amides is 1. The molecule has 174 valence electrons. The van der Waals surface area contributed by atoms with Gasteiger partial charge >= 0.3 is 5.63 Å². The molecule has 0 bridgehead atoms. The highest BCUT2D eigenvalue weighted by molar-refractivity contribution is 5.94. The van der Waals surface area contributed by atoms with Crippen LogP contribution in [0, 0.1) is 13.8 Å². The number of hydrogen-bond acceptors (Lipinski definition) is 6. The van der Waals surface area contributed by atoms with Gasteiger partial charge in [0.1, 0.15) is 24.0 Å². The highest BCUT2D eigenvalue weighted by atomic mass is 16.5. The molecule has 33 heavy (non-hydrogen) atoms. The third-order valence-electron chi connectivity index (χ3n) is 6.30. The number of piperidine rings is 1. The molecule has 1 atom stereocenters. The zero-order chi connectivity index (χ0) is 23.4.